The van der Waals surface area contributed by atoms with Crippen LogP contribution in [0.5, 0.6) is 0 Å². The Morgan fingerprint density at radius 1 is 0.684 bits per heavy atom. The molecule has 0 aromatic carbocycles. The minimum Gasteiger partial charge on any atom is -0.288 e. The van der Waals surface area contributed by atoms with E-state index in [2.05, 4.69) is 19.6 Å². The van der Waals surface area contributed by atoms with Crippen molar-refractivity contribution in [1.29, 1.82) is 0 Å². The van der Waals surface area contributed by atoms with E-state index < -0.39 is 0 Å². The smallest absolute Gasteiger partial charge is 0.185 e. The van der Waals surface area contributed by atoms with Gasteiger partial charge in [0.1, 0.15) is 0 Å². The van der Waals surface area contributed by atoms with Gasteiger partial charge in [0.25, 0.3) is 0 Å². The van der Waals surface area contributed by atoms with Crippen LogP contribution in [0.3, 0.4) is 0 Å². The third-order valence-corrected chi connectivity index (χ3v) is 3.72. The fourth-order valence-electron chi connectivity index (χ4n) is 2.29. The molecule has 0 spiro atoms. The van der Waals surface area contributed by atoms with Gasteiger partial charge in [-0.3, -0.25) is 4.79 Å². The van der Waals surface area contributed by atoms with Gasteiger partial charge in [-0.1, -0.05) is 84.0 Å². The van der Waals surface area contributed by atoms with E-state index in [-0.39, 0.29) is 17.5 Å². The monoisotopic (exact) mass is 308 g/mol. The first-order valence-electron chi connectivity index (χ1n) is 7.99. The van der Waals surface area contributed by atoms with E-state index in [1.165, 1.54) is 77.0 Å². The van der Waals surface area contributed by atoms with Crippen molar-refractivity contribution in [2.75, 3.05) is 0 Å². The number of halogens is 1. The first kappa shape index (κ1) is 21.6. The highest BCUT2D eigenvalue weighted by Gasteiger charge is 1.95. The summed E-state index contributed by atoms with van der Waals surface area (Å²) in [7, 11) is 0. The summed E-state index contributed by atoms with van der Waals surface area (Å²) in [5, 5.41) is 0.0399. The van der Waals surface area contributed by atoms with Crippen LogP contribution < -0.4 is 0 Å². The zero-order valence-electron chi connectivity index (χ0n) is 12.7. The lowest BCUT2D eigenvalue weighted by Gasteiger charge is -2.02. The highest BCUT2D eigenvalue weighted by Crippen LogP contribution is 2.13. The third kappa shape index (κ3) is 20.8. The molecule has 0 rings (SSSR count). The Bertz CT molecular complexity index is 186. The van der Waals surface area contributed by atoms with Crippen molar-refractivity contribution in [2.45, 2.75) is 96.8 Å². The quantitative estimate of drug-likeness (QED) is 0.292. The number of hydrogen-bond donors (Lipinski definition) is 1. The molecule has 0 N–H and O–H groups in total. The van der Waals surface area contributed by atoms with Crippen molar-refractivity contribution in [3.63, 3.8) is 0 Å². The third-order valence-electron chi connectivity index (χ3n) is 3.49. The van der Waals surface area contributed by atoms with Crippen LogP contribution in [0.2, 0.25) is 0 Å². The topological polar surface area (TPSA) is 17.1 Å². The van der Waals surface area contributed by atoms with Crippen molar-refractivity contribution in [1.82, 2.24) is 0 Å². The summed E-state index contributed by atoms with van der Waals surface area (Å²) in [6.07, 6.45) is 18.2. The maximum absolute atomic E-state index is 10.6. The minimum absolute atomic E-state index is 0. The number of rotatable bonds is 14. The fraction of sp³-hybridized carbons (Fsp3) is 0.938. The average molecular weight is 309 g/mol. The molecule has 19 heavy (non-hydrogen) atoms. The normalized spacial score (nSPS) is 10.2. The van der Waals surface area contributed by atoms with Crippen LogP contribution in [0.15, 0.2) is 0 Å². The van der Waals surface area contributed by atoms with Gasteiger partial charge >= 0.3 is 0 Å². The lowest BCUT2D eigenvalue weighted by molar-refractivity contribution is -0.110. The van der Waals surface area contributed by atoms with Crippen LogP contribution in [0.25, 0.3) is 0 Å². The van der Waals surface area contributed by atoms with E-state index in [4.69, 9.17) is 0 Å². The van der Waals surface area contributed by atoms with Gasteiger partial charge in [-0.25, -0.2) is 0 Å². The Morgan fingerprint density at radius 3 is 1.32 bits per heavy atom. The second-order valence-corrected chi connectivity index (χ2v) is 5.89. The average Bonchev–Trinajstić information content (AvgIpc) is 2.34. The SMILES string of the molecule is CCCCCCCCCCCCCCCC(=O)S.Cl. The molecule has 0 unspecified atom stereocenters. The van der Waals surface area contributed by atoms with E-state index in [9.17, 15) is 4.79 Å². The maximum atomic E-state index is 10.6. The van der Waals surface area contributed by atoms with Gasteiger partial charge in [-0.2, -0.15) is 0 Å². The molecule has 0 atom stereocenters. The van der Waals surface area contributed by atoms with Gasteiger partial charge in [0.05, 0.1) is 0 Å². The molecule has 0 fully saturated rings. The molecule has 0 aliphatic heterocycles. The molecule has 0 amide bonds. The van der Waals surface area contributed by atoms with Gasteiger partial charge in [0, 0.05) is 6.42 Å². The molecule has 0 bridgehead atoms. The predicted octanol–water partition coefficient (Wildman–Crippen LogP) is 6.35. The van der Waals surface area contributed by atoms with Crippen LogP contribution in [-0.2, 0) is 4.79 Å². The first-order valence-corrected chi connectivity index (χ1v) is 8.44. The van der Waals surface area contributed by atoms with Crippen molar-refractivity contribution in [3.8, 4) is 0 Å². The van der Waals surface area contributed by atoms with E-state index in [1.54, 1.807) is 0 Å². The summed E-state index contributed by atoms with van der Waals surface area (Å²) < 4.78 is 0. The molecule has 1 nitrogen and oxygen atoms in total. The van der Waals surface area contributed by atoms with Gasteiger partial charge in [-0.05, 0) is 6.42 Å². The summed E-state index contributed by atoms with van der Waals surface area (Å²) in [6.45, 7) is 2.27. The second kappa shape index (κ2) is 18.3. The van der Waals surface area contributed by atoms with Gasteiger partial charge in [-0.15, -0.1) is 25.0 Å². The highest BCUT2D eigenvalue weighted by atomic mass is 35.5. The van der Waals surface area contributed by atoms with Crippen molar-refractivity contribution in [2.24, 2.45) is 0 Å². The van der Waals surface area contributed by atoms with Crippen molar-refractivity contribution in [3.05, 3.63) is 0 Å². The van der Waals surface area contributed by atoms with Crippen LogP contribution in [-0.4, -0.2) is 5.12 Å². The van der Waals surface area contributed by atoms with Crippen LogP contribution in [0, 0.1) is 0 Å². The van der Waals surface area contributed by atoms with E-state index in [1.807, 2.05) is 0 Å². The lowest BCUT2D eigenvalue weighted by Crippen LogP contribution is -1.86. The summed E-state index contributed by atoms with van der Waals surface area (Å²) in [4.78, 5) is 10.6. The lowest BCUT2D eigenvalue weighted by atomic mass is 10.0. The molecule has 0 aromatic heterocycles. The number of thiol groups is 1. The first-order chi connectivity index (χ1) is 8.77. The number of carbonyl (C=O) groups excluding carboxylic acids is 1. The van der Waals surface area contributed by atoms with Crippen molar-refractivity contribution >= 4 is 30.2 Å². The Balaban J connectivity index is 0. The number of hydrogen-bond acceptors (Lipinski definition) is 1. The number of carbonyl (C=O) groups is 1. The molecule has 0 radical (unpaired) electrons. The molecule has 0 aliphatic rings. The molecular formula is C16H33ClOS. The Labute approximate surface area is 132 Å². The predicted molar refractivity (Wildman–Crippen MR) is 91.6 cm³/mol. The molecule has 0 saturated heterocycles. The van der Waals surface area contributed by atoms with E-state index in [0.717, 1.165) is 6.42 Å². The van der Waals surface area contributed by atoms with E-state index in [0.29, 0.717) is 6.42 Å². The zero-order valence-corrected chi connectivity index (χ0v) is 14.4. The molecule has 0 aromatic rings. The van der Waals surface area contributed by atoms with Crippen molar-refractivity contribution < 1.29 is 4.79 Å². The van der Waals surface area contributed by atoms with Crippen LogP contribution in [0.1, 0.15) is 96.8 Å². The minimum atomic E-state index is 0. The molecule has 0 aliphatic carbocycles. The molecule has 0 heterocycles. The van der Waals surface area contributed by atoms with Crippen LogP contribution in [0.4, 0.5) is 0 Å². The number of unbranched alkanes of at least 4 members (excludes halogenated alkanes) is 12. The van der Waals surface area contributed by atoms with Gasteiger partial charge in [0.15, 0.2) is 5.12 Å². The van der Waals surface area contributed by atoms with E-state index >= 15 is 0 Å². The van der Waals surface area contributed by atoms with Gasteiger partial charge in [0.2, 0.25) is 0 Å². The maximum Gasteiger partial charge on any atom is 0.185 e. The largest absolute Gasteiger partial charge is 0.288 e. The summed E-state index contributed by atoms with van der Waals surface area (Å²) in [5.41, 5.74) is 0. The molecule has 116 valence electrons. The Morgan fingerprint density at radius 2 is 1.00 bits per heavy atom. The summed E-state index contributed by atoms with van der Waals surface area (Å²) >= 11 is 3.77. The fourth-order valence-corrected chi connectivity index (χ4v) is 2.45. The molecule has 3 heteroatoms. The highest BCUT2D eigenvalue weighted by molar-refractivity contribution is 7.96. The Hall–Kier alpha value is 0.310. The summed E-state index contributed by atoms with van der Waals surface area (Å²) in [5.74, 6) is 0. The Kier molecular flexibility index (Phi) is 20.8. The standard InChI is InChI=1S/C16H32OS.ClH/c1-2-3-4-5-6-7-8-9-10-11-12-13-14-15-16(17)18;/h2-15H2,1H3,(H,17,18);1H. The van der Waals surface area contributed by atoms with Crippen LogP contribution >= 0.6 is 25.0 Å². The molecule has 0 saturated carbocycles. The second-order valence-electron chi connectivity index (χ2n) is 5.39. The summed E-state index contributed by atoms with van der Waals surface area (Å²) in [6, 6.07) is 0. The zero-order chi connectivity index (χ0) is 13.5. The molecular weight excluding hydrogens is 276 g/mol. The van der Waals surface area contributed by atoms with Gasteiger partial charge < -0.3 is 0 Å².